The summed E-state index contributed by atoms with van der Waals surface area (Å²) in [6.07, 6.45) is 1.53. The van der Waals surface area contributed by atoms with Crippen LogP contribution in [-0.4, -0.2) is 41.9 Å². The van der Waals surface area contributed by atoms with Gasteiger partial charge in [0.05, 0.1) is 53.3 Å². The lowest BCUT2D eigenvalue weighted by molar-refractivity contribution is -0.116. The summed E-state index contributed by atoms with van der Waals surface area (Å²) in [6.45, 7) is 0. The predicted molar refractivity (Wildman–Crippen MR) is 163 cm³/mol. The van der Waals surface area contributed by atoms with Crippen molar-refractivity contribution in [2.45, 2.75) is 29.5 Å². The molecule has 2 heterocycles. The van der Waals surface area contributed by atoms with Crippen LogP contribution in [0.3, 0.4) is 0 Å². The monoisotopic (exact) mass is 642 g/mol. The van der Waals surface area contributed by atoms with E-state index in [9.17, 15) is 14.9 Å². The van der Waals surface area contributed by atoms with Gasteiger partial charge >= 0.3 is 0 Å². The van der Waals surface area contributed by atoms with Gasteiger partial charge < -0.3 is 20.5 Å². The minimum absolute atomic E-state index is 0.0245. The normalized spacial score (nSPS) is 16.7. The molecule has 1 atom stereocenters. The van der Waals surface area contributed by atoms with Crippen LogP contribution in [0.15, 0.2) is 63.4 Å². The fourth-order valence-corrected chi connectivity index (χ4v) is 7.12. The van der Waals surface area contributed by atoms with Crippen molar-refractivity contribution < 1.29 is 19.1 Å². The summed E-state index contributed by atoms with van der Waals surface area (Å²) < 4.78 is 11.5. The summed E-state index contributed by atoms with van der Waals surface area (Å²) in [4.78, 5) is 27.7. The standard InChI is InChI=1S/C28H24Cl2N6O4S2/c1-39-14-9-10-15(21(11-14)40-2)23-16(12-31)26(32)36(19-7-4-8-20(37)24(19)23)27-34-35-28(42-27)41-13-22(38)33-25-17(29)5-3-6-18(25)30/h3,5-6,9-11,23H,4,7-8,13,32H2,1-2H3,(H,33,38). The van der Waals surface area contributed by atoms with Crippen molar-refractivity contribution in [1.82, 2.24) is 10.2 Å². The fourth-order valence-electron chi connectivity index (χ4n) is 4.94. The molecule has 0 fully saturated rings. The van der Waals surface area contributed by atoms with Crippen LogP contribution in [-0.2, 0) is 9.59 Å². The number of methoxy groups -OCH3 is 2. The summed E-state index contributed by atoms with van der Waals surface area (Å²) in [5.41, 5.74) is 8.98. The zero-order chi connectivity index (χ0) is 30.0. The molecule has 216 valence electrons. The summed E-state index contributed by atoms with van der Waals surface area (Å²) >= 11 is 14.7. The minimum Gasteiger partial charge on any atom is -0.497 e. The van der Waals surface area contributed by atoms with Crippen LogP contribution in [0.25, 0.3) is 0 Å². The molecule has 1 amide bonds. The van der Waals surface area contributed by atoms with E-state index in [1.807, 2.05) is 0 Å². The molecule has 0 bridgehead atoms. The van der Waals surface area contributed by atoms with Crippen LogP contribution >= 0.6 is 46.3 Å². The minimum atomic E-state index is -0.711. The number of hydrogen-bond acceptors (Lipinski definition) is 11. The van der Waals surface area contributed by atoms with E-state index in [2.05, 4.69) is 21.6 Å². The highest BCUT2D eigenvalue weighted by Crippen LogP contribution is 2.49. The van der Waals surface area contributed by atoms with Gasteiger partial charge in [-0.1, -0.05) is 58.4 Å². The molecule has 10 nitrogen and oxygen atoms in total. The lowest BCUT2D eigenvalue weighted by atomic mass is 9.75. The molecule has 3 aromatic rings. The number of nitrogens with zero attached hydrogens (tertiary/aromatic N) is 4. The molecular formula is C28H24Cl2N6O4S2. The van der Waals surface area contributed by atoms with Crippen molar-refractivity contribution in [2.75, 3.05) is 30.2 Å². The Morgan fingerprint density at radius 1 is 1.21 bits per heavy atom. The number of ether oxygens (including phenoxy) is 2. The third-order valence-electron chi connectivity index (χ3n) is 6.81. The molecule has 14 heteroatoms. The molecule has 5 rings (SSSR count). The fraction of sp³-hybridized carbons (Fsp3) is 0.250. The molecule has 1 aromatic heterocycles. The first-order valence-electron chi connectivity index (χ1n) is 12.7. The van der Waals surface area contributed by atoms with Gasteiger partial charge in [-0.25, -0.2) is 0 Å². The Morgan fingerprint density at radius 2 is 1.98 bits per heavy atom. The van der Waals surface area contributed by atoms with Gasteiger partial charge in [0.25, 0.3) is 0 Å². The Labute approximate surface area is 260 Å². The Morgan fingerprint density at radius 3 is 2.67 bits per heavy atom. The molecule has 3 N–H and O–H groups in total. The number of allylic oxidation sites excluding steroid dienone is 3. The average molecular weight is 644 g/mol. The van der Waals surface area contributed by atoms with Gasteiger partial charge in [-0.05, 0) is 31.0 Å². The van der Waals surface area contributed by atoms with Gasteiger partial charge in [0.2, 0.25) is 11.0 Å². The lowest BCUT2D eigenvalue weighted by Crippen LogP contribution is -2.38. The number of nitriles is 1. The number of nitrogens with one attached hydrogen (secondary N) is 1. The third-order valence-corrected chi connectivity index (χ3v) is 9.48. The van der Waals surface area contributed by atoms with Gasteiger partial charge in [-0.2, -0.15) is 5.26 Å². The number of nitrogens with two attached hydrogens (primary N) is 1. The maximum Gasteiger partial charge on any atom is 0.234 e. The molecule has 0 spiro atoms. The Bertz CT molecular complexity index is 1660. The van der Waals surface area contributed by atoms with Crippen molar-refractivity contribution in [2.24, 2.45) is 5.73 Å². The lowest BCUT2D eigenvalue weighted by Gasteiger charge is -2.38. The molecule has 0 radical (unpaired) electrons. The number of halogens is 2. The maximum absolute atomic E-state index is 13.4. The van der Waals surface area contributed by atoms with E-state index in [0.717, 1.165) is 0 Å². The largest absolute Gasteiger partial charge is 0.497 e. The van der Waals surface area contributed by atoms with Crippen LogP contribution in [0.1, 0.15) is 30.7 Å². The van der Waals surface area contributed by atoms with Crippen molar-refractivity contribution in [3.8, 4) is 17.6 Å². The SMILES string of the molecule is COc1ccc(C2C(C#N)=C(N)N(c3nnc(SCC(=O)Nc4c(Cl)cccc4Cl)s3)C3=C2C(=O)CCC3)c(OC)c1. The highest BCUT2D eigenvalue weighted by molar-refractivity contribution is 8.01. The van der Waals surface area contributed by atoms with E-state index in [0.29, 0.717) is 72.8 Å². The number of ketones is 1. The zero-order valence-corrected chi connectivity index (χ0v) is 25.6. The van der Waals surface area contributed by atoms with E-state index >= 15 is 0 Å². The number of para-hydroxylation sites is 1. The van der Waals surface area contributed by atoms with E-state index in [4.69, 9.17) is 38.4 Å². The molecule has 1 aliphatic heterocycles. The predicted octanol–water partition coefficient (Wildman–Crippen LogP) is 5.90. The number of thioether (sulfide) groups is 1. The Hall–Kier alpha value is -3.76. The third kappa shape index (κ3) is 5.65. The number of carbonyl (C=O) groups excluding carboxylic acids is 2. The van der Waals surface area contributed by atoms with E-state index in [1.165, 1.54) is 30.2 Å². The molecular weight excluding hydrogens is 619 g/mol. The van der Waals surface area contributed by atoms with Gasteiger partial charge in [-0.15, -0.1) is 10.2 Å². The van der Waals surface area contributed by atoms with Gasteiger partial charge in [0, 0.05) is 29.3 Å². The van der Waals surface area contributed by atoms with Crippen LogP contribution in [0, 0.1) is 11.3 Å². The first-order chi connectivity index (χ1) is 20.3. The van der Waals surface area contributed by atoms with Gasteiger partial charge in [0.1, 0.15) is 17.3 Å². The molecule has 1 aliphatic carbocycles. The van der Waals surface area contributed by atoms with Crippen molar-refractivity contribution in [1.29, 1.82) is 5.26 Å². The number of benzene rings is 2. The first kappa shape index (κ1) is 29.7. The smallest absolute Gasteiger partial charge is 0.234 e. The van der Waals surface area contributed by atoms with Gasteiger partial charge in [-0.3, -0.25) is 14.5 Å². The number of carbonyl (C=O) groups is 2. The number of amides is 1. The van der Waals surface area contributed by atoms with Crippen LogP contribution < -0.4 is 25.4 Å². The number of hydrogen-bond donors (Lipinski definition) is 2. The van der Waals surface area contributed by atoms with E-state index < -0.39 is 5.92 Å². The molecule has 2 aliphatic rings. The summed E-state index contributed by atoms with van der Waals surface area (Å²) in [5.74, 6) is 0.134. The molecule has 42 heavy (non-hydrogen) atoms. The first-order valence-corrected chi connectivity index (χ1v) is 15.2. The summed E-state index contributed by atoms with van der Waals surface area (Å²) in [6, 6.07) is 12.4. The second kappa shape index (κ2) is 12.6. The van der Waals surface area contributed by atoms with Crippen LogP contribution in [0.2, 0.25) is 10.0 Å². The summed E-state index contributed by atoms with van der Waals surface area (Å²) in [7, 11) is 3.07. The van der Waals surface area contributed by atoms with E-state index in [1.54, 1.807) is 48.4 Å². The zero-order valence-electron chi connectivity index (χ0n) is 22.4. The van der Waals surface area contributed by atoms with Gasteiger partial charge in [0.15, 0.2) is 10.1 Å². The molecule has 2 aromatic carbocycles. The van der Waals surface area contributed by atoms with Crippen LogP contribution in [0.5, 0.6) is 11.5 Å². The second-order valence-electron chi connectivity index (χ2n) is 9.21. The average Bonchev–Trinajstić information content (AvgIpc) is 3.45. The Balaban J connectivity index is 1.45. The highest BCUT2D eigenvalue weighted by atomic mass is 35.5. The van der Waals surface area contributed by atoms with Crippen LogP contribution in [0.4, 0.5) is 10.8 Å². The summed E-state index contributed by atoms with van der Waals surface area (Å²) in [5, 5.41) is 22.6. The Kier molecular flexibility index (Phi) is 8.93. The highest BCUT2D eigenvalue weighted by Gasteiger charge is 2.42. The van der Waals surface area contributed by atoms with Crippen molar-refractivity contribution in [3.63, 3.8) is 0 Å². The number of rotatable bonds is 8. The quantitative estimate of drug-likeness (QED) is 0.285. The molecule has 0 saturated carbocycles. The number of Topliss-reactive ketones (excluding diaryl/α,β-unsaturated/α-hetero) is 1. The van der Waals surface area contributed by atoms with E-state index in [-0.39, 0.29) is 28.8 Å². The second-order valence-corrected chi connectivity index (χ2v) is 12.2. The van der Waals surface area contributed by atoms with Crippen molar-refractivity contribution >= 4 is 68.8 Å². The molecule has 1 unspecified atom stereocenters. The number of anilines is 2. The topological polar surface area (TPSA) is 143 Å². The van der Waals surface area contributed by atoms with Crippen molar-refractivity contribution in [3.05, 3.63) is 74.7 Å². The molecule has 0 saturated heterocycles. The maximum atomic E-state index is 13.4. The number of aromatic nitrogens is 2.